The van der Waals surface area contributed by atoms with Crippen LogP contribution in [0.4, 0.5) is 0 Å². The molecule has 5 nitrogen and oxygen atoms in total. The number of carboxylic acids is 1. The summed E-state index contributed by atoms with van der Waals surface area (Å²) in [5.74, 6) is -1.01. The molecule has 0 bridgehead atoms. The van der Waals surface area contributed by atoms with Gasteiger partial charge in [0.1, 0.15) is 5.69 Å². The van der Waals surface area contributed by atoms with E-state index in [0.717, 1.165) is 28.1 Å². The predicted molar refractivity (Wildman–Crippen MR) is 67.6 cm³/mol. The van der Waals surface area contributed by atoms with Crippen molar-refractivity contribution in [2.24, 2.45) is 7.05 Å². The summed E-state index contributed by atoms with van der Waals surface area (Å²) < 4.78 is 1.77. The van der Waals surface area contributed by atoms with Crippen LogP contribution in [0.25, 0.3) is 11.1 Å². The Morgan fingerprint density at radius 3 is 2.44 bits per heavy atom. The van der Waals surface area contributed by atoms with Gasteiger partial charge in [-0.25, -0.2) is 9.78 Å². The van der Waals surface area contributed by atoms with E-state index in [1.807, 2.05) is 27.8 Å². The second kappa shape index (κ2) is 4.25. The topological polar surface area (TPSA) is 68.0 Å². The van der Waals surface area contributed by atoms with E-state index in [1.165, 1.54) is 0 Å². The highest BCUT2D eigenvalue weighted by atomic mass is 16.4. The molecule has 0 saturated carbocycles. The molecule has 5 heteroatoms. The van der Waals surface area contributed by atoms with Gasteiger partial charge in [0.05, 0.1) is 6.20 Å². The molecule has 0 aliphatic rings. The summed E-state index contributed by atoms with van der Waals surface area (Å²) in [6, 6.07) is 1.61. The number of hydrogen-bond donors (Lipinski definition) is 1. The summed E-state index contributed by atoms with van der Waals surface area (Å²) in [4.78, 5) is 15.1. The van der Waals surface area contributed by atoms with Gasteiger partial charge in [0, 0.05) is 24.0 Å². The van der Waals surface area contributed by atoms with Crippen molar-refractivity contribution in [3.8, 4) is 11.1 Å². The van der Waals surface area contributed by atoms with E-state index in [9.17, 15) is 4.79 Å². The fourth-order valence-electron chi connectivity index (χ4n) is 1.89. The lowest BCUT2D eigenvalue weighted by Crippen LogP contribution is -2.04. The maximum absolute atomic E-state index is 11.1. The zero-order valence-corrected chi connectivity index (χ0v) is 10.9. The molecule has 0 aliphatic heterocycles. The van der Waals surface area contributed by atoms with Gasteiger partial charge in [-0.1, -0.05) is 0 Å². The van der Waals surface area contributed by atoms with E-state index in [2.05, 4.69) is 10.1 Å². The molecule has 2 aromatic heterocycles. The van der Waals surface area contributed by atoms with Crippen molar-refractivity contribution in [1.82, 2.24) is 14.8 Å². The number of carboxylic acid groups (broad SMARTS) is 1. The van der Waals surface area contributed by atoms with Crippen LogP contribution in [0.3, 0.4) is 0 Å². The highest BCUT2D eigenvalue weighted by molar-refractivity contribution is 5.88. The second-order valence-corrected chi connectivity index (χ2v) is 4.34. The normalized spacial score (nSPS) is 10.7. The van der Waals surface area contributed by atoms with Crippen LogP contribution in [0, 0.1) is 20.8 Å². The summed E-state index contributed by atoms with van der Waals surface area (Å²) in [6.45, 7) is 5.71. The molecule has 18 heavy (non-hydrogen) atoms. The van der Waals surface area contributed by atoms with Crippen LogP contribution in [-0.4, -0.2) is 25.8 Å². The minimum Gasteiger partial charge on any atom is -0.477 e. The van der Waals surface area contributed by atoms with Gasteiger partial charge in [-0.05, 0) is 38.0 Å². The first-order chi connectivity index (χ1) is 8.41. The van der Waals surface area contributed by atoms with E-state index < -0.39 is 5.97 Å². The van der Waals surface area contributed by atoms with Crippen LogP contribution < -0.4 is 0 Å². The summed E-state index contributed by atoms with van der Waals surface area (Å²) in [5.41, 5.74) is 4.61. The summed E-state index contributed by atoms with van der Waals surface area (Å²) >= 11 is 0. The monoisotopic (exact) mass is 245 g/mol. The third kappa shape index (κ3) is 1.88. The van der Waals surface area contributed by atoms with Crippen molar-refractivity contribution < 1.29 is 9.90 Å². The molecule has 2 rings (SSSR count). The number of carbonyl (C=O) groups is 1. The number of aromatic nitrogens is 3. The third-order valence-corrected chi connectivity index (χ3v) is 3.26. The number of rotatable bonds is 2. The molecule has 0 saturated heterocycles. The minimum absolute atomic E-state index is 0.0661. The number of aromatic carboxylic acids is 1. The Balaban J connectivity index is 2.70. The number of hydrogen-bond acceptors (Lipinski definition) is 3. The van der Waals surface area contributed by atoms with Crippen molar-refractivity contribution in [3.05, 3.63) is 34.9 Å². The molecule has 0 atom stereocenters. The lowest BCUT2D eigenvalue weighted by molar-refractivity contribution is 0.0690. The van der Waals surface area contributed by atoms with Gasteiger partial charge in [0.15, 0.2) is 0 Å². The van der Waals surface area contributed by atoms with Crippen molar-refractivity contribution in [1.29, 1.82) is 0 Å². The predicted octanol–water partition coefficient (Wildman–Crippen LogP) is 2.11. The van der Waals surface area contributed by atoms with Gasteiger partial charge < -0.3 is 5.11 Å². The molecular formula is C13H15N3O2. The van der Waals surface area contributed by atoms with E-state index in [0.29, 0.717) is 0 Å². The standard InChI is InChI=1S/C13H15N3O2/c1-7-8(2)15-12(13(17)18)5-10(7)11-6-14-16(4)9(11)3/h5-6H,1-4H3,(H,17,18). The molecule has 94 valence electrons. The molecule has 0 amide bonds. The lowest BCUT2D eigenvalue weighted by Gasteiger charge is -2.09. The number of pyridine rings is 1. The van der Waals surface area contributed by atoms with Crippen molar-refractivity contribution >= 4 is 5.97 Å². The van der Waals surface area contributed by atoms with Gasteiger partial charge in [0.2, 0.25) is 0 Å². The molecule has 0 unspecified atom stereocenters. The third-order valence-electron chi connectivity index (χ3n) is 3.26. The van der Waals surface area contributed by atoms with Gasteiger partial charge in [0.25, 0.3) is 0 Å². The fourth-order valence-corrected chi connectivity index (χ4v) is 1.89. The molecule has 2 aromatic rings. The van der Waals surface area contributed by atoms with Gasteiger partial charge >= 0.3 is 5.97 Å². The SMILES string of the molecule is Cc1nc(C(=O)O)cc(-c2cnn(C)c2C)c1C. The molecule has 1 N–H and O–H groups in total. The highest BCUT2D eigenvalue weighted by Crippen LogP contribution is 2.28. The fraction of sp³-hybridized carbons (Fsp3) is 0.308. The molecule has 0 fully saturated rings. The Morgan fingerprint density at radius 2 is 1.94 bits per heavy atom. The van der Waals surface area contributed by atoms with Crippen molar-refractivity contribution in [2.75, 3.05) is 0 Å². The molecule has 0 spiro atoms. The number of aryl methyl sites for hydroxylation is 2. The Hall–Kier alpha value is -2.17. The average Bonchev–Trinajstić information content (AvgIpc) is 2.63. The van der Waals surface area contributed by atoms with E-state index in [-0.39, 0.29) is 5.69 Å². The van der Waals surface area contributed by atoms with Crippen LogP contribution in [0.15, 0.2) is 12.3 Å². The smallest absolute Gasteiger partial charge is 0.354 e. The van der Waals surface area contributed by atoms with Crippen LogP contribution >= 0.6 is 0 Å². The Labute approximate surface area is 105 Å². The highest BCUT2D eigenvalue weighted by Gasteiger charge is 2.15. The first kappa shape index (κ1) is 12.3. The first-order valence-corrected chi connectivity index (χ1v) is 5.62. The van der Waals surface area contributed by atoms with Crippen molar-refractivity contribution in [3.63, 3.8) is 0 Å². The summed E-state index contributed by atoms with van der Waals surface area (Å²) in [6.07, 6.45) is 1.75. The number of nitrogens with zero attached hydrogens (tertiary/aromatic N) is 3. The molecule has 0 aliphatic carbocycles. The van der Waals surface area contributed by atoms with Crippen LogP contribution in [-0.2, 0) is 7.05 Å². The molecule has 0 radical (unpaired) electrons. The summed E-state index contributed by atoms with van der Waals surface area (Å²) in [5, 5.41) is 13.2. The quantitative estimate of drug-likeness (QED) is 0.879. The van der Waals surface area contributed by atoms with E-state index >= 15 is 0 Å². The molecule has 0 aromatic carbocycles. The van der Waals surface area contributed by atoms with Crippen LogP contribution in [0.2, 0.25) is 0 Å². The lowest BCUT2D eigenvalue weighted by atomic mass is 10.00. The van der Waals surface area contributed by atoms with E-state index in [4.69, 9.17) is 5.11 Å². The minimum atomic E-state index is -1.01. The maximum Gasteiger partial charge on any atom is 0.354 e. The van der Waals surface area contributed by atoms with Crippen molar-refractivity contribution in [2.45, 2.75) is 20.8 Å². The summed E-state index contributed by atoms with van der Waals surface area (Å²) in [7, 11) is 1.86. The van der Waals surface area contributed by atoms with Crippen LogP contribution in [0.5, 0.6) is 0 Å². The molecular weight excluding hydrogens is 230 g/mol. The largest absolute Gasteiger partial charge is 0.477 e. The van der Waals surface area contributed by atoms with Gasteiger partial charge in [-0.15, -0.1) is 0 Å². The average molecular weight is 245 g/mol. The van der Waals surface area contributed by atoms with Gasteiger partial charge in [-0.2, -0.15) is 5.10 Å². The first-order valence-electron chi connectivity index (χ1n) is 5.62. The Morgan fingerprint density at radius 1 is 1.28 bits per heavy atom. The molecule has 2 heterocycles. The second-order valence-electron chi connectivity index (χ2n) is 4.34. The zero-order valence-electron chi connectivity index (χ0n) is 10.9. The maximum atomic E-state index is 11.1. The Kier molecular flexibility index (Phi) is 2.90. The van der Waals surface area contributed by atoms with Gasteiger partial charge in [-0.3, -0.25) is 4.68 Å². The van der Waals surface area contributed by atoms with E-state index in [1.54, 1.807) is 16.9 Å². The Bertz CT molecular complexity index is 629. The zero-order chi connectivity index (χ0) is 13.4. The van der Waals surface area contributed by atoms with Crippen LogP contribution in [0.1, 0.15) is 27.4 Å².